The first kappa shape index (κ1) is 23.2. The Morgan fingerprint density at radius 3 is 2.07 bits per heavy atom. The minimum Gasteiger partial charge on any atom is -0.478 e. The highest BCUT2D eigenvalue weighted by atomic mass is 16.5. The molecule has 0 aromatic heterocycles. The number of hydrogen-bond acceptors (Lipinski definition) is 3. The Labute approximate surface area is 174 Å². The molecule has 0 fully saturated rings. The predicted octanol–water partition coefficient (Wildman–Crippen LogP) is 6.43. The first-order chi connectivity index (χ1) is 13.8. The lowest BCUT2D eigenvalue weighted by Crippen LogP contribution is -2.35. The molecule has 0 atom stereocenters. The molecular formula is C25H44N2O. The molecule has 2 N–H and O–H groups in total. The van der Waals surface area contributed by atoms with Crippen LogP contribution in [-0.2, 0) is 13.0 Å². The van der Waals surface area contributed by atoms with Gasteiger partial charge in [0.2, 0.25) is 0 Å². The molecule has 0 spiro atoms. The van der Waals surface area contributed by atoms with E-state index in [9.17, 15) is 0 Å². The molecule has 1 aliphatic rings. The average Bonchev–Trinajstić information content (AvgIpc) is 2.71. The van der Waals surface area contributed by atoms with Crippen molar-refractivity contribution in [2.24, 2.45) is 5.73 Å². The summed E-state index contributed by atoms with van der Waals surface area (Å²) in [7, 11) is 0. The van der Waals surface area contributed by atoms with Crippen LogP contribution < -0.4 is 10.5 Å². The molecule has 3 heteroatoms. The number of unbranched alkanes of at least 4 members (excludes halogenated alkanes) is 12. The molecule has 1 aromatic carbocycles. The van der Waals surface area contributed by atoms with Crippen LogP contribution in [0, 0.1) is 0 Å². The zero-order chi connectivity index (χ0) is 19.9. The van der Waals surface area contributed by atoms with Gasteiger partial charge in [-0.05, 0) is 24.5 Å². The quantitative estimate of drug-likeness (QED) is 0.332. The number of rotatable bonds is 16. The lowest BCUT2D eigenvalue weighted by Gasteiger charge is -2.28. The third-order valence-corrected chi connectivity index (χ3v) is 5.94. The Morgan fingerprint density at radius 1 is 0.857 bits per heavy atom. The zero-order valence-corrected chi connectivity index (χ0v) is 18.4. The van der Waals surface area contributed by atoms with Crippen molar-refractivity contribution >= 4 is 0 Å². The van der Waals surface area contributed by atoms with Gasteiger partial charge >= 0.3 is 0 Å². The predicted molar refractivity (Wildman–Crippen MR) is 121 cm³/mol. The number of ether oxygens (including phenoxy) is 1. The molecule has 3 nitrogen and oxygen atoms in total. The highest BCUT2D eigenvalue weighted by molar-refractivity contribution is 5.38. The van der Waals surface area contributed by atoms with Crippen LogP contribution in [0.4, 0.5) is 0 Å². The van der Waals surface area contributed by atoms with E-state index in [0.29, 0.717) is 13.3 Å². The third kappa shape index (κ3) is 9.43. The van der Waals surface area contributed by atoms with Gasteiger partial charge in [0.05, 0.1) is 0 Å². The second kappa shape index (κ2) is 14.9. The van der Waals surface area contributed by atoms with Crippen LogP contribution in [0.15, 0.2) is 18.2 Å². The summed E-state index contributed by atoms with van der Waals surface area (Å²) in [6.07, 6.45) is 19.6. The van der Waals surface area contributed by atoms with Gasteiger partial charge in [-0.1, -0.05) is 96.1 Å². The van der Waals surface area contributed by atoms with Crippen LogP contribution in [-0.4, -0.2) is 24.7 Å². The molecule has 0 unspecified atom stereocenters. The number of fused-ring (bicyclic) bond motifs is 1. The van der Waals surface area contributed by atoms with E-state index in [1.54, 1.807) is 0 Å². The summed E-state index contributed by atoms with van der Waals surface area (Å²) in [4.78, 5) is 2.26. The topological polar surface area (TPSA) is 38.5 Å². The van der Waals surface area contributed by atoms with Gasteiger partial charge in [-0.15, -0.1) is 0 Å². The highest BCUT2D eigenvalue weighted by Crippen LogP contribution is 2.26. The fourth-order valence-electron chi connectivity index (χ4n) is 4.14. The molecular weight excluding hydrogens is 344 g/mol. The molecule has 1 aliphatic heterocycles. The van der Waals surface area contributed by atoms with Crippen LogP contribution in [0.3, 0.4) is 0 Å². The number of hydrogen-bond donors (Lipinski definition) is 1. The molecule has 0 amide bonds. The number of aryl methyl sites for hydroxylation is 1. The van der Waals surface area contributed by atoms with Crippen molar-refractivity contribution in [1.82, 2.24) is 4.90 Å². The maximum Gasteiger partial charge on any atom is 0.142 e. The fraction of sp³-hybridized carbons (Fsp3) is 0.760. The van der Waals surface area contributed by atoms with Crippen molar-refractivity contribution in [3.63, 3.8) is 0 Å². The second-order valence-corrected chi connectivity index (χ2v) is 8.55. The van der Waals surface area contributed by atoms with Crippen molar-refractivity contribution in [1.29, 1.82) is 0 Å². The smallest absolute Gasteiger partial charge is 0.142 e. The Bertz CT molecular complexity index is 517. The van der Waals surface area contributed by atoms with Crippen LogP contribution in [0.1, 0.15) is 102 Å². The van der Waals surface area contributed by atoms with E-state index in [1.165, 1.54) is 101 Å². The summed E-state index contributed by atoms with van der Waals surface area (Å²) >= 11 is 0. The Hall–Kier alpha value is -1.06. The summed E-state index contributed by atoms with van der Waals surface area (Å²) in [5, 5.41) is 0. The summed E-state index contributed by atoms with van der Waals surface area (Å²) in [5.74, 6) is 1.08. The standard InChI is InChI=1S/C25H44N2O/c1-2-3-4-5-6-7-8-9-10-11-12-13-14-15-23-16-17-24-21-27(19-18-26)22-28-25(24)20-23/h16-17,20H,2-15,18-19,21-22,26H2,1H3. The molecule has 1 aromatic rings. The van der Waals surface area contributed by atoms with Gasteiger partial charge in [-0.2, -0.15) is 0 Å². The van der Waals surface area contributed by atoms with Gasteiger partial charge in [0.1, 0.15) is 12.5 Å². The third-order valence-electron chi connectivity index (χ3n) is 5.94. The van der Waals surface area contributed by atoms with Crippen LogP contribution in [0.2, 0.25) is 0 Å². The summed E-state index contributed by atoms with van der Waals surface area (Å²) < 4.78 is 5.92. The van der Waals surface area contributed by atoms with E-state index in [1.807, 2.05) is 0 Å². The maximum absolute atomic E-state index is 5.92. The first-order valence-corrected chi connectivity index (χ1v) is 12.0. The first-order valence-electron chi connectivity index (χ1n) is 12.0. The molecule has 160 valence electrons. The molecule has 0 aliphatic carbocycles. The summed E-state index contributed by atoms with van der Waals surface area (Å²) in [5.41, 5.74) is 8.37. The number of benzene rings is 1. The number of nitrogens with zero attached hydrogens (tertiary/aromatic N) is 1. The highest BCUT2D eigenvalue weighted by Gasteiger charge is 2.16. The molecule has 0 bridgehead atoms. The van der Waals surface area contributed by atoms with Gasteiger partial charge in [0.25, 0.3) is 0 Å². The summed E-state index contributed by atoms with van der Waals surface area (Å²) in [6.45, 7) is 5.52. The van der Waals surface area contributed by atoms with E-state index in [0.717, 1.165) is 18.8 Å². The maximum atomic E-state index is 5.92. The van der Waals surface area contributed by atoms with Gasteiger partial charge in [0, 0.05) is 25.2 Å². The van der Waals surface area contributed by atoms with Gasteiger partial charge in [-0.3, -0.25) is 4.90 Å². The minimum atomic E-state index is 0.673. The minimum absolute atomic E-state index is 0.673. The van der Waals surface area contributed by atoms with Gasteiger partial charge in [-0.25, -0.2) is 0 Å². The molecule has 1 heterocycles. The summed E-state index contributed by atoms with van der Waals surface area (Å²) in [6, 6.07) is 6.79. The van der Waals surface area contributed by atoms with E-state index in [2.05, 4.69) is 30.0 Å². The molecule has 0 radical (unpaired) electrons. The second-order valence-electron chi connectivity index (χ2n) is 8.55. The van der Waals surface area contributed by atoms with Crippen LogP contribution >= 0.6 is 0 Å². The number of nitrogens with two attached hydrogens (primary N) is 1. The van der Waals surface area contributed by atoms with Crippen molar-refractivity contribution in [2.75, 3.05) is 19.8 Å². The van der Waals surface area contributed by atoms with Crippen molar-refractivity contribution < 1.29 is 4.74 Å². The van der Waals surface area contributed by atoms with E-state index < -0.39 is 0 Å². The normalized spacial score (nSPS) is 14.1. The molecule has 2 rings (SSSR count). The largest absolute Gasteiger partial charge is 0.478 e. The van der Waals surface area contributed by atoms with Gasteiger partial charge in [0.15, 0.2) is 0 Å². The monoisotopic (exact) mass is 388 g/mol. The van der Waals surface area contributed by atoms with Crippen molar-refractivity contribution in [3.8, 4) is 5.75 Å². The average molecular weight is 389 g/mol. The zero-order valence-electron chi connectivity index (χ0n) is 18.4. The Kier molecular flexibility index (Phi) is 12.3. The lowest BCUT2D eigenvalue weighted by molar-refractivity contribution is 0.0983. The van der Waals surface area contributed by atoms with E-state index >= 15 is 0 Å². The van der Waals surface area contributed by atoms with Crippen molar-refractivity contribution in [2.45, 2.75) is 103 Å². The Balaban J connectivity index is 1.46. The SMILES string of the molecule is CCCCCCCCCCCCCCCc1ccc2c(c1)OCN(CCN)C2. The molecule has 0 saturated carbocycles. The van der Waals surface area contributed by atoms with Gasteiger partial charge < -0.3 is 10.5 Å². The van der Waals surface area contributed by atoms with E-state index in [4.69, 9.17) is 10.5 Å². The van der Waals surface area contributed by atoms with Crippen LogP contribution in [0.5, 0.6) is 5.75 Å². The molecule has 28 heavy (non-hydrogen) atoms. The molecule has 0 saturated heterocycles. The fourth-order valence-corrected chi connectivity index (χ4v) is 4.14. The lowest BCUT2D eigenvalue weighted by atomic mass is 10.0. The van der Waals surface area contributed by atoms with Crippen molar-refractivity contribution in [3.05, 3.63) is 29.3 Å². The van der Waals surface area contributed by atoms with E-state index in [-0.39, 0.29) is 0 Å². The van der Waals surface area contributed by atoms with Crippen LogP contribution in [0.25, 0.3) is 0 Å². The Morgan fingerprint density at radius 2 is 1.46 bits per heavy atom.